The predicted octanol–water partition coefficient (Wildman–Crippen LogP) is 2.37. The van der Waals surface area contributed by atoms with E-state index in [1.807, 2.05) is 6.92 Å². The number of guanidine groups is 1. The molecule has 5 nitrogen and oxygen atoms in total. The van der Waals surface area contributed by atoms with Crippen LogP contribution in [0.15, 0.2) is 29.3 Å². The fourth-order valence-electron chi connectivity index (χ4n) is 2.49. The van der Waals surface area contributed by atoms with Gasteiger partial charge in [0.25, 0.3) is 0 Å². The quantitative estimate of drug-likeness (QED) is 0.411. The van der Waals surface area contributed by atoms with Crippen molar-refractivity contribution in [2.75, 3.05) is 26.2 Å². The first-order chi connectivity index (χ1) is 10.7. The van der Waals surface area contributed by atoms with E-state index in [9.17, 15) is 5.11 Å². The second-order valence-corrected chi connectivity index (χ2v) is 5.51. The van der Waals surface area contributed by atoms with Crippen LogP contribution >= 0.6 is 24.0 Å². The molecule has 6 heteroatoms. The molecule has 2 N–H and O–H groups in total. The number of aliphatic hydroxyl groups is 1. The Morgan fingerprint density at radius 2 is 2.00 bits per heavy atom. The van der Waals surface area contributed by atoms with Crippen LogP contribution in [0.3, 0.4) is 0 Å². The second kappa shape index (κ2) is 10.8. The second-order valence-electron chi connectivity index (χ2n) is 5.51. The maximum atomic E-state index is 9.67. The van der Waals surface area contributed by atoms with Gasteiger partial charge < -0.3 is 20.1 Å². The summed E-state index contributed by atoms with van der Waals surface area (Å²) in [5, 5.41) is 13.0. The van der Waals surface area contributed by atoms with Crippen LogP contribution < -0.4 is 5.32 Å². The summed E-state index contributed by atoms with van der Waals surface area (Å²) < 4.78 is 5.40. The topological polar surface area (TPSA) is 57.1 Å². The third-order valence-corrected chi connectivity index (χ3v) is 3.71. The Morgan fingerprint density at radius 3 is 2.57 bits per heavy atom. The highest BCUT2D eigenvalue weighted by Gasteiger charge is 2.22. The van der Waals surface area contributed by atoms with Crippen molar-refractivity contribution in [3.63, 3.8) is 0 Å². The van der Waals surface area contributed by atoms with Crippen molar-refractivity contribution in [3.8, 4) is 0 Å². The van der Waals surface area contributed by atoms with Crippen LogP contribution in [0.2, 0.25) is 0 Å². The Morgan fingerprint density at radius 1 is 1.30 bits per heavy atom. The molecule has 1 aromatic rings. The summed E-state index contributed by atoms with van der Waals surface area (Å²) in [5.74, 6) is 0.887. The molecule has 23 heavy (non-hydrogen) atoms. The first kappa shape index (κ1) is 20.2. The number of benzene rings is 1. The first-order valence-corrected chi connectivity index (χ1v) is 8.09. The average molecular weight is 433 g/mol. The first-order valence-electron chi connectivity index (χ1n) is 8.09. The number of nitrogens with zero attached hydrogens (tertiary/aromatic N) is 2. The molecule has 1 aliphatic rings. The van der Waals surface area contributed by atoms with Crippen LogP contribution in [0.25, 0.3) is 0 Å². The molecular weight excluding hydrogens is 405 g/mol. The van der Waals surface area contributed by atoms with Crippen LogP contribution in [0.1, 0.15) is 31.4 Å². The van der Waals surface area contributed by atoms with Crippen LogP contribution in [0.5, 0.6) is 0 Å². The van der Waals surface area contributed by atoms with Crippen molar-refractivity contribution in [2.45, 2.75) is 39.5 Å². The number of hydrogen-bond acceptors (Lipinski definition) is 3. The zero-order valence-corrected chi connectivity index (χ0v) is 16.3. The van der Waals surface area contributed by atoms with Crippen molar-refractivity contribution in [3.05, 3.63) is 35.4 Å². The van der Waals surface area contributed by atoms with Crippen LogP contribution in [-0.4, -0.2) is 48.3 Å². The molecule has 2 rings (SSSR count). The van der Waals surface area contributed by atoms with E-state index < -0.39 is 0 Å². The van der Waals surface area contributed by atoms with Gasteiger partial charge in [-0.15, -0.1) is 24.0 Å². The van der Waals surface area contributed by atoms with Gasteiger partial charge in [-0.1, -0.05) is 24.3 Å². The van der Waals surface area contributed by atoms with Gasteiger partial charge in [-0.05, 0) is 31.4 Å². The molecule has 1 atom stereocenters. The van der Waals surface area contributed by atoms with Gasteiger partial charge in [-0.2, -0.15) is 0 Å². The van der Waals surface area contributed by atoms with Crippen LogP contribution in [0, 0.1) is 0 Å². The molecule has 0 saturated carbocycles. The molecule has 1 aromatic carbocycles. The maximum Gasteiger partial charge on any atom is 0.194 e. The lowest BCUT2D eigenvalue weighted by Gasteiger charge is -2.20. The van der Waals surface area contributed by atoms with Crippen molar-refractivity contribution in [1.29, 1.82) is 0 Å². The minimum atomic E-state index is -0.235. The minimum absolute atomic E-state index is 0. The van der Waals surface area contributed by atoms with Gasteiger partial charge in [0, 0.05) is 26.2 Å². The minimum Gasteiger partial charge on any atom is -0.391 e. The molecule has 1 aliphatic heterocycles. The Hall–Kier alpha value is -0.860. The van der Waals surface area contributed by atoms with Gasteiger partial charge in [0.1, 0.15) is 0 Å². The molecule has 0 bridgehead atoms. The Labute approximate surface area is 156 Å². The summed E-state index contributed by atoms with van der Waals surface area (Å²) in [5.41, 5.74) is 2.36. The van der Waals surface area contributed by atoms with E-state index in [0.717, 1.165) is 32.1 Å². The summed E-state index contributed by atoms with van der Waals surface area (Å²) >= 11 is 0. The number of hydrogen-bond donors (Lipinski definition) is 2. The van der Waals surface area contributed by atoms with Gasteiger partial charge in [0.15, 0.2) is 5.96 Å². The zero-order chi connectivity index (χ0) is 15.8. The van der Waals surface area contributed by atoms with Gasteiger partial charge in [-0.25, -0.2) is 4.99 Å². The number of rotatable bonds is 6. The van der Waals surface area contributed by atoms with E-state index >= 15 is 0 Å². The van der Waals surface area contributed by atoms with Gasteiger partial charge in [0.05, 0.1) is 19.3 Å². The van der Waals surface area contributed by atoms with Crippen molar-refractivity contribution < 1.29 is 9.84 Å². The van der Waals surface area contributed by atoms with Crippen molar-refractivity contribution in [1.82, 2.24) is 10.2 Å². The Kier molecular flexibility index (Phi) is 9.50. The summed E-state index contributed by atoms with van der Waals surface area (Å²) in [7, 11) is 0. The molecule has 0 radical (unpaired) electrons. The highest BCUT2D eigenvalue weighted by molar-refractivity contribution is 14.0. The fraction of sp³-hybridized carbons (Fsp3) is 0.588. The number of nitrogens with one attached hydrogen (secondary N) is 1. The van der Waals surface area contributed by atoms with Gasteiger partial charge >= 0.3 is 0 Å². The Bertz CT molecular complexity index is 479. The molecule has 0 spiro atoms. The molecule has 130 valence electrons. The number of likely N-dealkylation sites (tertiary alicyclic amines) is 1. The molecule has 0 aliphatic carbocycles. The number of ether oxygens (including phenoxy) is 1. The SMILES string of the molecule is CCNC(=NCc1ccc(COCC)cc1)N1CC[C@@H](O)C1.I. The van der Waals surface area contributed by atoms with E-state index in [0.29, 0.717) is 19.7 Å². The number of halogens is 1. The highest BCUT2D eigenvalue weighted by Crippen LogP contribution is 2.11. The third kappa shape index (κ3) is 6.64. The third-order valence-electron chi connectivity index (χ3n) is 3.71. The molecular formula is C17H28IN3O2. The zero-order valence-electron chi connectivity index (χ0n) is 14.0. The normalized spacial score (nSPS) is 18.0. The van der Waals surface area contributed by atoms with E-state index in [1.165, 1.54) is 11.1 Å². The van der Waals surface area contributed by atoms with E-state index in [2.05, 4.69) is 46.4 Å². The average Bonchev–Trinajstić information content (AvgIpc) is 2.97. The summed E-state index contributed by atoms with van der Waals surface area (Å²) in [6, 6.07) is 8.38. The highest BCUT2D eigenvalue weighted by atomic mass is 127. The number of aliphatic imine (C=N–C) groups is 1. The van der Waals surface area contributed by atoms with E-state index in [1.54, 1.807) is 0 Å². The van der Waals surface area contributed by atoms with E-state index in [-0.39, 0.29) is 30.1 Å². The molecule has 0 aromatic heterocycles. The van der Waals surface area contributed by atoms with Gasteiger partial charge in [0.2, 0.25) is 0 Å². The lowest BCUT2D eigenvalue weighted by molar-refractivity contribution is 0.134. The van der Waals surface area contributed by atoms with Gasteiger partial charge in [-0.3, -0.25) is 0 Å². The summed E-state index contributed by atoms with van der Waals surface area (Å²) in [6.45, 7) is 8.46. The fourth-order valence-corrected chi connectivity index (χ4v) is 2.49. The standard InChI is InChI=1S/C17H27N3O2.HI/c1-3-18-17(20-10-9-16(21)12-20)19-11-14-5-7-15(8-6-14)13-22-4-2;/h5-8,16,21H,3-4,9-13H2,1-2H3,(H,18,19);1H/t16-;/m1./s1. The number of aliphatic hydroxyl groups excluding tert-OH is 1. The smallest absolute Gasteiger partial charge is 0.194 e. The molecule has 1 saturated heterocycles. The van der Waals surface area contributed by atoms with E-state index in [4.69, 9.17) is 4.74 Å². The summed E-state index contributed by atoms with van der Waals surface area (Å²) in [4.78, 5) is 6.80. The predicted molar refractivity (Wildman–Crippen MR) is 104 cm³/mol. The lowest BCUT2D eigenvalue weighted by atomic mass is 10.1. The Balaban J connectivity index is 0.00000264. The van der Waals surface area contributed by atoms with Crippen molar-refractivity contribution in [2.24, 2.45) is 4.99 Å². The molecule has 1 heterocycles. The number of β-amino-alcohol motifs (C(OH)–C–C–N with tert-alkyl or cyclic N) is 1. The maximum absolute atomic E-state index is 9.67. The van der Waals surface area contributed by atoms with Crippen LogP contribution in [0.4, 0.5) is 0 Å². The van der Waals surface area contributed by atoms with Crippen LogP contribution in [-0.2, 0) is 17.9 Å². The molecule has 1 fully saturated rings. The molecule has 0 amide bonds. The monoisotopic (exact) mass is 433 g/mol. The van der Waals surface area contributed by atoms with Crippen molar-refractivity contribution >= 4 is 29.9 Å². The molecule has 0 unspecified atom stereocenters. The largest absolute Gasteiger partial charge is 0.391 e. The lowest BCUT2D eigenvalue weighted by Crippen LogP contribution is -2.40. The summed E-state index contributed by atoms with van der Waals surface area (Å²) in [6.07, 6.45) is 0.581.